The van der Waals surface area contributed by atoms with Crippen LogP contribution in [0.4, 0.5) is 5.13 Å². The highest BCUT2D eigenvalue weighted by atomic mass is 32.1. The summed E-state index contributed by atoms with van der Waals surface area (Å²) in [6.45, 7) is 1.47. The van der Waals surface area contributed by atoms with Gasteiger partial charge in [-0.05, 0) is 19.4 Å². The van der Waals surface area contributed by atoms with Crippen molar-refractivity contribution in [1.29, 1.82) is 0 Å². The lowest BCUT2D eigenvalue weighted by Crippen LogP contribution is -2.04. The number of anilines is 1. The van der Waals surface area contributed by atoms with Gasteiger partial charge in [0.1, 0.15) is 0 Å². The molecule has 0 aromatic carbocycles. The van der Waals surface area contributed by atoms with Crippen LogP contribution in [-0.4, -0.2) is 29.1 Å². The van der Waals surface area contributed by atoms with Crippen molar-refractivity contribution >= 4 is 22.4 Å². The molecule has 0 aliphatic rings. The van der Waals surface area contributed by atoms with Gasteiger partial charge in [-0.25, -0.2) is 4.98 Å². The summed E-state index contributed by atoms with van der Waals surface area (Å²) in [6.07, 6.45) is 3.72. The normalized spacial score (nSPS) is 10.4. The maximum atomic E-state index is 10.3. The molecule has 1 heterocycles. The number of thiazole rings is 1. The van der Waals surface area contributed by atoms with E-state index in [2.05, 4.69) is 10.3 Å². The number of carboxylic acids is 1. The lowest BCUT2D eigenvalue weighted by molar-refractivity contribution is -0.137. The van der Waals surface area contributed by atoms with Gasteiger partial charge in [0.25, 0.3) is 0 Å². The molecule has 4 N–H and O–H groups in total. The summed E-state index contributed by atoms with van der Waals surface area (Å²) in [6, 6.07) is 0. The van der Waals surface area contributed by atoms with Gasteiger partial charge in [0, 0.05) is 24.8 Å². The zero-order valence-electron chi connectivity index (χ0n) is 9.82. The van der Waals surface area contributed by atoms with Gasteiger partial charge in [-0.3, -0.25) is 4.79 Å². The van der Waals surface area contributed by atoms with E-state index in [-0.39, 0.29) is 6.42 Å². The minimum atomic E-state index is -0.718. The largest absolute Gasteiger partial charge is 0.481 e. The maximum Gasteiger partial charge on any atom is 0.303 e. The molecule has 0 saturated heterocycles. The SMILES string of the molecule is NCCc1csc(NCCCCCC(=O)O)n1. The second-order valence-corrected chi connectivity index (χ2v) is 4.67. The van der Waals surface area contributed by atoms with Gasteiger partial charge >= 0.3 is 5.97 Å². The molecule has 0 spiro atoms. The topological polar surface area (TPSA) is 88.2 Å². The first-order valence-corrected chi connectivity index (χ1v) is 6.70. The van der Waals surface area contributed by atoms with Crippen LogP contribution >= 0.6 is 11.3 Å². The molecule has 0 atom stereocenters. The fraction of sp³-hybridized carbons (Fsp3) is 0.636. The van der Waals surface area contributed by atoms with Crippen molar-refractivity contribution in [3.8, 4) is 0 Å². The van der Waals surface area contributed by atoms with E-state index in [0.717, 1.165) is 43.1 Å². The Balaban J connectivity index is 2.07. The Kier molecular flexibility index (Phi) is 6.57. The third-order valence-corrected chi connectivity index (χ3v) is 3.14. The molecule has 0 saturated carbocycles. The van der Waals surface area contributed by atoms with E-state index in [1.165, 1.54) is 0 Å². The van der Waals surface area contributed by atoms with E-state index >= 15 is 0 Å². The van der Waals surface area contributed by atoms with Gasteiger partial charge in [-0.2, -0.15) is 0 Å². The number of carbonyl (C=O) groups is 1. The molecule has 0 radical (unpaired) electrons. The van der Waals surface area contributed by atoms with Crippen molar-refractivity contribution in [2.75, 3.05) is 18.4 Å². The van der Waals surface area contributed by atoms with Gasteiger partial charge < -0.3 is 16.2 Å². The summed E-state index contributed by atoms with van der Waals surface area (Å²) in [7, 11) is 0. The fourth-order valence-electron chi connectivity index (χ4n) is 1.42. The van der Waals surface area contributed by atoms with Crippen molar-refractivity contribution in [1.82, 2.24) is 4.98 Å². The Morgan fingerprint density at radius 3 is 3.00 bits per heavy atom. The molecule has 17 heavy (non-hydrogen) atoms. The minimum Gasteiger partial charge on any atom is -0.481 e. The first kappa shape index (κ1) is 13.9. The maximum absolute atomic E-state index is 10.3. The van der Waals surface area contributed by atoms with Gasteiger partial charge in [-0.1, -0.05) is 6.42 Å². The first-order valence-electron chi connectivity index (χ1n) is 5.82. The summed E-state index contributed by atoms with van der Waals surface area (Å²) in [5.41, 5.74) is 6.48. The van der Waals surface area contributed by atoms with Crippen LogP contribution in [0.1, 0.15) is 31.4 Å². The molecule has 1 aromatic heterocycles. The zero-order chi connectivity index (χ0) is 12.5. The van der Waals surface area contributed by atoms with Crippen LogP contribution in [0.3, 0.4) is 0 Å². The van der Waals surface area contributed by atoms with Crippen molar-refractivity contribution in [3.05, 3.63) is 11.1 Å². The summed E-state index contributed by atoms with van der Waals surface area (Å²) in [5.74, 6) is -0.718. The van der Waals surface area contributed by atoms with E-state index in [0.29, 0.717) is 6.54 Å². The molecule has 1 aromatic rings. The Hall–Kier alpha value is -1.14. The molecule has 0 bridgehead atoms. The lowest BCUT2D eigenvalue weighted by atomic mass is 10.2. The number of carboxylic acid groups (broad SMARTS) is 1. The molecule has 0 amide bonds. The molecule has 5 nitrogen and oxygen atoms in total. The quantitative estimate of drug-likeness (QED) is 0.586. The van der Waals surface area contributed by atoms with Crippen molar-refractivity contribution in [3.63, 3.8) is 0 Å². The molecular formula is C11H19N3O2S. The smallest absolute Gasteiger partial charge is 0.303 e. The number of unbranched alkanes of at least 4 members (excludes halogenated alkanes) is 2. The number of nitrogens with one attached hydrogen (secondary N) is 1. The molecule has 6 heteroatoms. The van der Waals surface area contributed by atoms with Crippen molar-refractivity contribution < 1.29 is 9.90 Å². The number of hydrogen-bond donors (Lipinski definition) is 3. The molecule has 0 aliphatic carbocycles. The number of aromatic nitrogens is 1. The van der Waals surface area contributed by atoms with Crippen molar-refractivity contribution in [2.24, 2.45) is 5.73 Å². The predicted octanol–water partition coefficient (Wildman–Crippen LogP) is 1.70. The summed E-state index contributed by atoms with van der Waals surface area (Å²) in [4.78, 5) is 14.7. The summed E-state index contributed by atoms with van der Waals surface area (Å²) in [5, 5.41) is 14.6. The van der Waals surface area contributed by atoms with Crippen LogP contribution in [0.5, 0.6) is 0 Å². The molecular weight excluding hydrogens is 238 g/mol. The van der Waals surface area contributed by atoms with E-state index in [4.69, 9.17) is 10.8 Å². The summed E-state index contributed by atoms with van der Waals surface area (Å²) >= 11 is 1.59. The van der Waals surface area contributed by atoms with Gasteiger partial charge in [0.2, 0.25) is 0 Å². The van der Waals surface area contributed by atoms with Crippen LogP contribution in [-0.2, 0) is 11.2 Å². The van der Waals surface area contributed by atoms with Crippen LogP contribution < -0.4 is 11.1 Å². The third-order valence-electron chi connectivity index (χ3n) is 2.30. The van der Waals surface area contributed by atoms with E-state index in [1.54, 1.807) is 11.3 Å². The standard InChI is InChI=1S/C11H19N3O2S/c12-6-5-9-8-17-11(14-9)13-7-3-1-2-4-10(15)16/h8H,1-7,12H2,(H,13,14)(H,15,16). The Morgan fingerprint density at radius 1 is 1.47 bits per heavy atom. The van der Waals surface area contributed by atoms with Crippen LogP contribution in [0.2, 0.25) is 0 Å². The van der Waals surface area contributed by atoms with Crippen LogP contribution in [0.25, 0.3) is 0 Å². The summed E-state index contributed by atoms with van der Waals surface area (Å²) < 4.78 is 0. The third kappa shape index (κ3) is 6.23. The molecule has 0 fully saturated rings. The predicted molar refractivity (Wildman–Crippen MR) is 69.5 cm³/mol. The van der Waals surface area contributed by atoms with Crippen LogP contribution in [0, 0.1) is 0 Å². The average molecular weight is 257 g/mol. The Labute approximate surface area is 105 Å². The highest BCUT2D eigenvalue weighted by Crippen LogP contribution is 2.15. The zero-order valence-corrected chi connectivity index (χ0v) is 10.6. The molecule has 96 valence electrons. The van der Waals surface area contributed by atoms with Gasteiger partial charge in [-0.15, -0.1) is 11.3 Å². The number of rotatable bonds is 9. The van der Waals surface area contributed by atoms with Gasteiger partial charge in [0.05, 0.1) is 5.69 Å². The lowest BCUT2D eigenvalue weighted by Gasteiger charge is -2.01. The molecule has 0 aliphatic heterocycles. The second kappa shape index (κ2) is 8.03. The van der Waals surface area contributed by atoms with Crippen LogP contribution in [0.15, 0.2) is 5.38 Å². The number of aliphatic carboxylic acids is 1. The van der Waals surface area contributed by atoms with Crippen molar-refractivity contribution in [2.45, 2.75) is 32.1 Å². The van der Waals surface area contributed by atoms with E-state index in [9.17, 15) is 4.79 Å². The van der Waals surface area contributed by atoms with Gasteiger partial charge in [0.15, 0.2) is 5.13 Å². The number of nitrogens with zero attached hydrogens (tertiary/aromatic N) is 1. The van der Waals surface area contributed by atoms with E-state index in [1.807, 2.05) is 5.38 Å². The highest BCUT2D eigenvalue weighted by Gasteiger charge is 2.00. The monoisotopic (exact) mass is 257 g/mol. The Bertz CT molecular complexity index is 341. The molecule has 1 rings (SSSR count). The average Bonchev–Trinajstić information content (AvgIpc) is 2.71. The molecule has 0 unspecified atom stereocenters. The Morgan fingerprint density at radius 2 is 2.29 bits per heavy atom. The number of nitrogens with two attached hydrogens (primary N) is 1. The highest BCUT2D eigenvalue weighted by molar-refractivity contribution is 7.13. The fourth-order valence-corrected chi connectivity index (χ4v) is 2.20. The second-order valence-electron chi connectivity index (χ2n) is 3.81. The first-order chi connectivity index (χ1) is 8.22. The minimum absolute atomic E-state index is 0.262. The number of hydrogen-bond acceptors (Lipinski definition) is 5. The van der Waals surface area contributed by atoms with E-state index < -0.39 is 5.97 Å².